The highest BCUT2D eigenvalue weighted by atomic mass is 19.1. The quantitative estimate of drug-likeness (QED) is 0.495. The minimum atomic E-state index is -1.90. The third-order valence-electron chi connectivity index (χ3n) is 7.60. The molecule has 5 rings (SSSR count). The molecule has 0 spiro atoms. The number of amides is 1. The number of rotatable bonds is 7. The summed E-state index contributed by atoms with van der Waals surface area (Å²) in [5.41, 5.74) is -3.06. The zero-order chi connectivity index (χ0) is 26.3. The van der Waals surface area contributed by atoms with Gasteiger partial charge in [0.1, 0.15) is 17.3 Å². The molecule has 1 saturated carbocycles. The van der Waals surface area contributed by atoms with Gasteiger partial charge >= 0.3 is 12.1 Å². The van der Waals surface area contributed by atoms with E-state index in [2.05, 4.69) is 10.4 Å². The van der Waals surface area contributed by atoms with Gasteiger partial charge in [0.25, 0.3) is 0 Å². The fourth-order valence-corrected chi connectivity index (χ4v) is 5.28. The molecule has 0 bridgehead atoms. The number of carboxylic acids is 1. The van der Waals surface area contributed by atoms with Gasteiger partial charge in [0.15, 0.2) is 11.6 Å². The summed E-state index contributed by atoms with van der Waals surface area (Å²) in [5, 5.41) is 16.6. The van der Waals surface area contributed by atoms with Crippen LogP contribution in [-0.2, 0) is 15.1 Å². The van der Waals surface area contributed by atoms with Crippen molar-refractivity contribution < 1.29 is 28.2 Å². The first-order valence-electron chi connectivity index (χ1n) is 12.2. The highest BCUT2D eigenvalue weighted by Gasteiger charge is 2.69. The molecule has 192 valence electrons. The number of carbonyl (C=O) groups is 2. The lowest BCUT2D eigenvalue weighted by Crippen LogP contribution is -2.53. The first kappa shape index (κ1) is 24.7. The summed E-state index contributed by atoms with van der Waals surface area (Å²) in [6.45, 7) is 1.86. The first-order chi connectivity index (χ1) is 17.8. The van der Waals surface area contributed by atoms with E-state index in [1.807, 2.05) is 49.4 Å². The summed E-state index contributed by atoms with van der Waals surface area (Å²) in [6.07, 6.45) is 10.9. The van der Waals surface area contributed by atoms with Gasteiger partial charge in [0, 0.05) is 6.42 Å². The van der Waals surface area contributed by atoms with Crippen molar-refractivity contribution in [2.24, 2.45) is 5.41 Å². The molecule has 1 aromatic heterocycles. The van der Waals surface area contributed by atoms with Crippen molar-refractivity contribution in [3.8, 4) is 0 Å². The van der Waals surface area contributed by atoms with Crippen molar-refractivity contribution in [3.63, 3.8) is 0 Å². The average Bonchev–Trinajstić information content (AvgIpc) is 3.65. The Morgan fingerprint density at radius 3 is 2.57 bits per heavy atom. The Bertz CT molecular complexity index is 1340. The molecule has 1 aromatic carbocycles. The summed E-state index contributed by atoms with van der Waals surface area (Å²) >= 11 is 0. The van der Waals surface area contributed by atoms with Gasteiger partial charge in [-0.1, -0.05) is 67.6 Å². The molecule has 3 aliphatic carbocycles. The summed E-state index contributed by atoms with van der Waals surface area (Å²) < 4.78 is 37.9. The zero-order valence-corrected chi connectivity index (χ0v) is 20.2. The van der Waals surface area contributed by atoms with E-state index in [-0.39, 0.29) is 12.8 Å². The Labute approximate surface area is 212 Å². The molecule has 2 aromatic rings. The van der Waals surface area contributed by atoms with Crippen molar-refractivity contribution in [2.45, 2.75) is 49.9 Å². The summed E-state index contributed by atoms with van der Waals surface area (Å²) in [5.74, 6) is -2.60. The van der Waals surface area contributed by atoms with Gasteiger partial charge in [0.2, 0.25) is 0 Å². The molecule has 2 unspecified atom stereocenters. The van der Waals surface area contributed by atoms with E-state index in [1.165, 1.54) is 12.2 Å². The van der Waals surface area contributed by atoms with Crippen LogP contribution < -0.4 is 5.32 Å². The molecule has 1 fully saturated rings. The lowest BCUT2D eigenvalue weighted by Gasteiger charge is -2.41. The third-order valence-corrected chi connectivity index (χ3v) is 7.60. The highest BCUT2D eigenvalue weighted by molar-refractivity contribution is 5.86. The average molecular weight is 508 g/mol. The molecular formula is C28H27F2N3O4. The van der Waals surface area contributed by atoms with E-state index >= 15 is 8.78 Å². The summed E-state index contributed by atoms with van der Waals surface area (Å²) in [6, 6.07) is 9.10. The van der Waals surface area contributed by atoms with E-state index in [9.17, 15) is 14.7 Å². The molecule has 0 saturated heterocycles. The molecule has 2 N–H and O–H groups in total. The van der Waals surface area contributed by atoms with Crippen molar-refractivity contribution in [1.29, 1.82) is 0 Å². The van der Waals surface area contributed by atoms with Gasteiger partial charge in [0.05, 0.1) is 11.6 Å². The second-order valence-electron chi connectivity index (χ2n) is 9.61. The minimum Gasteiger partial charge on any atom is -0.481 e. The number of ether oxygens (including phenoxy) is 1. The predicted octanol–water partition coefficient (Wildman–Crippen LogP) is 5.79. The van der Waals surface area contributed by atoms with Crippen molar-refractivity contribution in [3.05, 3.63) is 90.4 Å². The van der Waals surface area contributed by atoms with E-state index in [1.54, 1.807) is 18.2 Å². The second kappa shape index (κ2) is 9.14. The Morgan fingerprint density at radius 1 is 1.22 bits per heavy atom. The lowest BCUT2D eigenvalue weighted by molar-refractivity contribution is -0.149. The number of hydrogen-bond donors (Lipinski definition) is 2. The number of nitrogens with zero attached hydrogens (tertiary/aromatic N) is 2. The first-order valence-corrected chi connectivity index (χ1v) is 12.2. The largest absolute Gasteiger partial charge is 0.481 e. The molecule has 1 amide bonds. The molecule has 0 aliphatic heterocycles. The Morgan fingerprint density at radius 2 is 1.97 bits per heavy atom. The maximum Gasteiger partial charge on any atom is 0.413 e. The van der Waals surface area contributed by atoms with Crippen LogP contribution in [-0.4, -0.2) is 38.7 Å². The summed E-state index contributed by atoms with van der Waals surface area (Å²) in [7, 11) is 0. The van der Waals surface area contributed by atoms with Crippen LogP contribution in [0.3, 0.4) is 0 Å². The monoisotopic (exact) mass is 507 g/mol. The van der Waals surface area contributed by atoms with Crippen LogP contribution in [0.25, 0.3) is 5.57 Å². The minimum absolute atomic E-state index is 0.170. The summed E-state index contributed by atoms with van der Waals surface area (Å²) in [4.78, 5) is 25.4. The number of hydrogen-bond acceptors (Lipinski definition) is 4. The fraction of sp³-hybridized carbons (Fsp3) is 0.321. The van der Waals surface area contributed by atoms with Gasteiger partial charge in [-0.15, -0.1) is 0 Å². The number of alkyl halides is 1. The smallest absolute Gasteiger partial charge is 0.413 e. The number of nitrogens with one attached hydrogen (secondary N) is 1. The maximum absolute atomic E-state index is 16.3. The van der Waals surface area contributed by atoms with Crippen molar-refractivity contribution in [1.82, 2.24) is 9.78 Å². The predicted molar refractivity (Wildman–Crippen MR) is 134 cm³/mol. The molecule has 37 heavy (non-hydrogen) atoms. The normalized spacial score (nSPS) is 27.4. The van der Waals surface area contributed by atoms with Gasteiger partial charge < -0.3 is 9.84 Å². The zero-order valence-electron chi connectivity index (χ0n) is 20.2. The standard InChI is InChI=1S/C28H27F2N3O4/c1-2-26(12-7-4-8-13-26)37-25(36)32-23-21(29)18-31-33(23)28(27(15-16-27)24(34)35)14-11-20(17-22(28)30)19-9-5-3-6-10-19/h3-12,14,17-18,22H,2,13,15-16H2,1H3,(H,32,36)(H,34,35)/t22-,26?,28?/m1/s1. The molecule has 9 heteroatoms. The fourth-order valence-electron chi connectivity index (χ4n) is 5.28. The Balaban J connectivity index is 1.53. The van der Waals surface area contributed by atoms with Crippen LogP contribution >= 0.6 is 0 Å². The Hall–Kier alpha value is -4.01. The van der Waals surface area contributed by atoms with Crippen LogP contribution in [0, 0.1) is 11.2 Å². The van der Waals surface area contributed by atoms with Crippen LogP contribution in [0.15, 0.2) is 79.1 Å². The molecule has 3 atom stereocenters. The van der Waals surface area contributed by atoms with Gasteiger partial charge in [-0.3, -0.25) is 10.1 Å². The SMILES string of the molecule is CCC1(OC(=O)Nc2c(F)cnn2C2(C3(C(=O)O)CC3)C=CC(c3ccccc3)=C[C@H]2F)C=CC=CC1. The number of halogens is 2. The van der Waals surface area contributed by atoms with Crippen LogP contribution in [0.5, 0.6) is 0 Å². The van der Waals surface area contributed by atoms with E-state index in [0.29, 0.717) is 18.4 Å². The number of aromatic nitrogens is 2. The molecule has 0 radical (unpaired) electrons. The van der Waals surface area contributed by atoms with E-state index in [4.69, 9.17) is 4.74 Å². The van der Waals surface area contributed by atoms with Crippen molar-refractivity contribution >= 4 is 23.5 Å². The number of carboxylic acid groups (broad SMARTS) is 1. The number of anilines is 1. The Kier molecular flexibility index (Phi) is 6.09. The van der Waals surface area contributed by atoms with Crippen LogP contribution in [0.1, 0.15) is 38.2 Å². The van der Waals surface area contributed by atoms with Crippen LogP contribution in [0.2, 0.25) is 0 Å². The number of aliphatic carboxylic acids is 1. The molecule has 7 nitrogen and oxygen atoms in total. The van der Waals surface area contributed by atoms with Crippen molar-refractivity contribution in [2.75, 3.05) is 5.32 Å². The van der Waals surface area contributed by atoms with Gasteiger partial charge in [-0.25, -0.2) is 18.3 Å². The highest BCUT2D eigenvalue weighted by Crippen LogP contribution is 2.62. The molecule has 3 aliphatic rings. The lowest BCUT2D eigenvalue weighted by atomic mass is 9.73. The topological polar surface area (TPSA) is 93.5 Å². The number of carbonyl (C=O) groups excluding carboxylic acids is 1. The second-order valence-corrected chi connectivity index (χ2v) is 9.61. The molecule has 1 heterocycles. The number of benzene rings is 1. The number of allylic oxidation sites excluding steroid dienone is 6. The van der Waals surface area contributed by atoms with E-state index < -0.39 is 46.4 Å². The van der Waals surface area contributed by atoms with Gasteiger partial charge in [-0.05, 0) is 42.6 Å². The third kappa shape index (κ3) is 3.98. The van der Waals surface area contributed by atoms with Crippen LogP contribution in [0.4, 0.5) is 19.4 Å². The van der Waals surface area contributed by atoms with E-state index in [0.717, 1.165) is 16.4 Å². The maximum atomic E-state index is 16.3. The molecular weight excluding hydrogens is 480 g/mol. The van der Waals surface area contributed by atoms with Gasteiger partial charge in [-0.2, -0.15) is 5.10 Å².